The van der Waals surface area contributed by atoms with E-state index in [1.807, 2.05) is 0 Å². The molecule has 11 heteroatoms. The van der Waals surface area contributed by atoms with E-state index in [-0.39, 0.29) is 55.2 Å². The van der Waals surface area contributed by atoms with Crippen molar-refractivity contribution in [1.29, 1.82) is 0 Å². The molecule has 0 bridgehead atoms. The number of aliphatic hydroxyl groups is 4. The number of phosphoric ester groups is 1. The Morgan fingerprint density at radius 1 is 1.18 bits per heavy atom. The molecule has 0 saturated carbocycles. The van der Waals surface area contributed by atoms with Gasteiger partial charge in [-0.1, -0.05) is 0 Å². The number of phosphoric acid groups is 1. The molecule has 0 fully saturated rings. The summed E-state index contributed by atoms with van der Waals surface area (Å²) in [6, 6.07) is 0. The van der Waals surface area contributed by atoms with Crippen molar-refractivity contribution in [1.82, 2.24) is 0 Å². The largest absolute Gasteiger partial charge is 2.00 e. The fourth-order valence-corrected chi connectivity index (χ4v) is 1.11. The molecule has 0 aliphatic heterocycles. The fourth-order valence-electron chi connectivity index (χ4n) is 0.776. The normalized spacial score (nSPS) is 18.7. The Kier molecular flexibility index (Phi) is 11.0. The summed E-state index contributed by atoms with van der Waals surface area (Å²) in [4.78, 5) is 30.0. The van der Waals surface area contributed by atoms with Crippen LogP contribution in [0.5, 0.6) is 0 Å². The molecule has 4 N–H and O–H groups in total. The average molecular weight is 395 g/mol. The molecule has 4 atom stereocenters. The first-order valence-electron chi connectivity index (χ1n) is 4.03. The number of carbonyl (C=O) groups is 1. The zero-order valence-electron chi connectivity index (χ0n) is 8.58. The van der Waals surface area contributed by atoms with Crippen molar-refractivity contribution >= 4 is 63.0 Å². The number of aldehydes is 1. The van der Waals surface area contributed by atoms with Crippen molar-refractivity contribution in [3.05, 3.63) is 0 Å². The SMILES string of the molecule is O=CC(O)C(O)C(O)C(O)COP(=O)([O-])[O-].[Ba+2]. The van der Waals surface area contributed by atoms with Gasteiger partial charge in [0.25, 0.3) is 0 Å². The van der Waals surface area contributed by atoms with Gasteiger partial charge in [0.15, 0.2) is 6.29 Å². The zero-order chi connectivity index (χ0) is 12.9. The monoisotopic (exact) mass is 396 g/mol. The molecule has 0 aliphatic rings. The van der Waals surface area contributed by atoms with Gasteiger partial charge in [-0.2, -0.15) is 0 Å². The predicted molar refractivity (Wildman–Crippen MR) is 49.4 cm³/mol. The smallest absolute Gasteiger partial charge is 0.790 e. The molecule has 9 nitrogen and oxygen atoms in total. The Morgan fingerprint density at radius 3 is 2.00 bits per heavy atom. The third-order valence-electron chi connectivity index (χ3n) is 1.64. The van der Waals surface area contributed by atoms with Crippen LogP contribution >= 0.6 is 7.82 Å². The molecule has 0 amide bonds. The van der Waals surface area contributed by atoms with E-state index in [0.29, 0.717) is 0 Å². The van der Waals surface area contributed by atoms with Gasteiger partial charge in [0.1, 0.15) is 24.4 Å². The Balaban J connectivity index is 0. The van der Waals surface area contributed by atoms with Crippen LogP contribution in [0.2, 0.25) is 0 Å². The minimum Gasteiger partial charge on any atom is -0.790 e. The van der Waals surface area contributed by atoms with Gasteiger partial charge in [-0.15, -0.1) is 0 Å². The van der Waals surface area contributed by atoms with Crippen molar-refractivity contribution < 1.29 is 44.1 Å². The first-order valence-corrected chi connectivity index (χ1v) is 5.49. The maximum atomic E-state index is 10.0. The second kappa shape index (κ2) is 9.15. The van der Waals surface area contributed by atoms with Crippen molar-refractivity contribution in [2.24, 2.45) is 0 Å². The van der Waals surface area contributed by atoms with Crippen LogP contribution in [0.3, 0.4) is 0 Å². The van der Waals surface area contributed by atoms with E-state index in [0.717, 1.165) is 0 Å². The van der Waals surface area contributed by atoms with Crippen LogP contribution in [0.15, 0.2) is 0 Å². The molecule has 0 saturated heterocycles. The second-order valence-corrected chi connectivity index (χ2v) is 4.07. The van der Waals surface area contributed by atoms with E-state index >= 15 is 0 Å². The minimum atomic E-state index is -5.30. The summed E-state index contributed by atoms with van der Waals surface area (Å²) in [6.45, 7) is -1.09. The Hall–Kier alpha value is 1.19. The molecule has 0 spiro atoms. The summed E-state index contributed by atoms with van der Waals surface area (Å²) in [5, 5.41) is 35.9. The standard InChI is InChI=1S/C6H13O9P.Ba/c7-1-3(8)5(10)6(11)4(9)2-15-16(12,13)14;/h1,3-6,8-11H,2H2,(H2,12,13,14);/q;+2/p-2. The van der Waals surface area contributed by atoms with Gasteiger partial charge in [0.2, 0.25) is 0 Å². The number of aliphatic hydroxyl groups excluding tert-OH is 4. The first kappa shape index (κ1) is 20.5. The molecule has 0 heterocycles. The molecule has 0 aromatic rings. The van der Waals surface area contributed by atoms with Gasteiger partial charge in [-0.3, -0.25) is 0 Å². The van der Waals surface area contributed by atoms with E-state index in [1.54, 1.807) is 0 Å². The maximum absolute atomic E-state index is 10.0. The Morgan fingerprint density at radius 2 is 1.65 bits per heavy atom. The minimum absolute atomic E-state index is 0. The zero-order valence-corrected chi connectivity index (χ0v) is 13.9. The molecule has 0 radical (unpaired) electrons. The summed E-state index contributed by atoms with van der Waals surface area (Å²) < 4.78 is 13.6. The van der Waals surface area contributed by atoms with Crippen LogP contribution in [0.4, 0.5) is 0 Å². The Labute approximate surface area is 137 Å². The summed E-state index contributed by atoms with van der Waals surface area (Å²) in [5.74, 6) is 0. The summed E-state index contributed by atoms with van der Waals surface area (Å²) in [7, 11) is -5.30. The van der Waals surface area contributed by atoms with Gasteiger partial charge in [0, 0.05) is 0 Å². The molecule has 0 aromatic carbocycles. The maximum Gasteiger partial charge on any atom is 2.00 e. The predicted octanol–water partition coefficient (Wildman–Crippen LogP) is -4.91. The van der Waals surface area contributed by atoms with Crippen LogP contribution < -0.4 is 9.79 Å². The van der Waals surface area contributed by atoms with Crippen LogP contribution in [0, 0.1) is 0 Å². The van der Waals surface area contributed by atoms with Crippen molar-refractivity contribution in [2.75, 3.05) is 6.61 Å². The molecule has 0 rings (SSSR count). The quantitative estimate of drug-likeness (QED) is 0.187. The molecule has 96 valence electrons. The van der Waals surface area contributed by atoms with Crippen molar-refractivity contribution in [2.45, 2.75) is 24.4 Å². The summed E-state index contributed by atoms with van der Waals surface area (Å²) >= 11 is 0. The first-order chi connectivity index (χ1) is 7.19. The summed E-state index contributed by atoms with van der Waals surface area (Å²) in [6.07, 6.45) is -8.04. The van der Waals surface area contributed by atoms with Gasteiger partial charge in [0.05, 0.1) is 14.4 Å². The van der Waals surface area contributed by atoms with Crippen LogP contribution in [0.1, 0.15) is 0 Å². The van der Waals surface area contributed by atoms with Gasteiger partial charge < -0.3 is 44.1 Å². The van der Waals surface area contributed by atoms with Crippen LogP contribution in [-0.2, 0) is 13.9 Å². The molecule has 17 heavy (non-hydrogen) atoms. The number of hydrogen-bond donors (Lipinski definition) is 4. The average Bonchev–Trinajstić information content (AvgIpc) is 2.21. The van der Waals surface area contributed by atoms with Gasteiger partial charge in [-0.25, -0.2) is 0 Å². The van der Waals surface area contributed by atoms with Crippen molar-refractivity contribution in [3.8, 4) is 0 Å². The van der Waals surface area contributed by atoms with Crippen LogP contribution in [0.25, 0.3) is 0 Å². The molecule has 0 aromatic heterocycles. The van der Waals surface area contributed by atoms with E-state index in [9.17, 15) is 19.1 Å². The van der Waals surface area contributed by atoms with E-state index in [1.165, 1.54) is 0 Å². The van der Waals surface area contributed by atoms with E-state index < -0.39 is 38.8 Å². The molecule has 4 unspecified atom stereocenters. The second-order valence-electron chi connectivity index (χ2n) is 2.92. The summed E-state index contributed by atoms with van der Waals surface area (Å²) in [5.41, 5.74) is 0. The Bertz CT molecular complexity index is 268. The number of rotatable bonds is 7. The molecular formula is C6H11BaO9P. The third-order valence-corrected chi connectivity index (χ3v) is 2.10. The number of hydrogen-bond acceptors (Lipinski definition) is 9. The van der Waals surface area contributed by atoms with E-state index in [2.05, 4.69) is 4.52 Å². The number of carbonyl (C=O) groups excluding carboxylic acids is 1. The van der Waals surface area contributed by atoms with Gasteiger partial charge >= 0.3 is 48.9 Å². The van der Waals surface area contributed by atoms with Gasteiger partial charge in [-0.05, 0) is 0 Å². The third kappa shape index (κ3) is 8.83. The van der Waals surface area contributed by atoms with Crippen molar-refractivity contribution in [3.63, 3.8) is 0 Å². The molecule has 0 aliphatic carbocycles. The molecular weight excluding hydrogens is 384 g/mol. The fraction of sp³-hybridized carbons (Fsp3) is 0.833. The topological polar surface area (TPSA) is 170 Å². The van der Waals surface area contributed by atoms with Crippen LogP contribution in [-0.4, -0.2) is 107 Å². The van der Waals surface area contributed by atoms with E-state index in [4.69, 9.17) is 20.4 Å².